The van der Waals surface area contributed by atoms with E-state index in [1.54, 1.807) is 0 Å². The monoisotopic (exact) mass is 219 g/mol. The van der Waals surface area contributed by atoms with Gasteiger partial charge in [-0.3, -0.25) is 4.90 Å². The Bertz CT molecular complexity index is 222. The number of methoxy groups -OCH3 is 1. The molecule has 0 radical (unpaired) electrons. The summed E-state index contributed by atoms with van der Waals surface area (Å²) < 4.78 is 5.19. The molecule has 1 fully saturated rings. The number of aliphatic carboxylic acids is 1. The second-order valence-electron chi connectivity index (χ2n) is 3.50. The van der Waals surface area contributed by atoms with Gasteiger partial charge in [0.15, 0.2) is 0 Å². The van der Waals surface area contributed by atoms with Crippen LogP contribution in [0.25, 0.3) is 0 Å². The predicted molar refractivity (Wildman–Crippen MR) is 56.6 cm³/mol. The minimum atomic E-state index is -1.22. The van der Waals surface area contributed by atoms with E-state index in [2.05, 4.69) is 12.6 Å². The molecule has 1 N–H and O–H groups in total. The first-order chi connectivity index (χ1) is 6.59. The zero-order valence-electron chi connectivity index (χ0n) is 8.56. The maximum Gasteiger partial charge on any atom is 0.352 e. The highest BCUT2D eigenvalue weighted by atomic mass is 32.1. The lowest BCUT2D eigenvalue weighted by atomic mass is 10.1. The molecule has 0 aromatic rings. The average Bonchev–Trinajstić information content (AvgIpc) is 2.45. The quantitative estimate of drug-likeness (QED) is 0.688. The minimum Gasteiger partial charge on any atom is -0.478 e. The van der Waals surface area contributed by atoms with E-state index in [9.17, 15) is 9.90 Å². The first kappa shape index (κ1) is 11.8. The van der Waals surface area contributed by atoms with E-state index in [1.807, 2.05) is 11.8 Å². The van der Waals surface area contributed by atoms with Gasteiger partial charge in [0.25, 0.3) is 0 Å². The van der Waals surface area contributed by atoms with Gasteiger partial charge < -0.3 is 9.84 Å². The molecule has 0 aliphatic carbocycles. The lowest BCUT2D eigenvalue weighted by Crippen LogP contribution is -2.56. The minimum absolute atomic E-state index is 0.253. The number of thiol groups is 1. The smallest absolute Gasteiger partial charge is 0.352 e. The van der Waals surface area contributed by atoms with Crippen LogP contribution in [0.15, 0.2) is 0 Å². The van der Waals surface area contributed by atoms with E-state index >= 15 is 0 Å². The number of nitrogens with zero attached hydrogens (tertiary/aromatic N) is 1. The molecule has 1 aliphatic rings. The highest BCUT2D eigenvalue weighted by Crippen LogP contribution is 2.34. The predicted octanol–water partition coefficient (Wildman–Crippen LogP) is 0.828. The molecule has 1 saturated heterocycles. The van der Waals surface area contributed by atoms with Crippen molar-refractivity contribution in [1.29, 1.82) is 0 Å². The summed E-state index contributed by atoms with van der Waals surface area (Å²) in [4.78, 5) is 13.1. The number of carbonyl (C=O) groups is 1. The Balaban J connectivity index is 2.91. The molecule has 1 heterocycles. The van der Waals surface area contributed by atoms with E-state index in [0.29, 0.717) is 0 Å². The molecule has 1 rings (SSSR count). The number of likely N-dealkylation sites (tertiary alicyclic amines) is 1. The van der Waals surface area contributed by atoms with Crippen LogP contribution in [0.3, 0.4) is 0 Å². The largest absolute Gasteiger partial charge is 0.478 e. The van der Waals surface area contributed by atoms with Crippen molar-refractivity contribution < 1.29 is 14.6 Å². The van der Waals surface area contributed by atoms with Gasteiger partial charge in [-0.25, -0.2) is 4.79 Å². The fourth-order valence-corrected chi connectivity index (χ4v) is 2.52. The van der Waals surface area contributed by atoms with Crippen LogP contribution < -0.4 is 0 Å². The van der Waals surface area contributed by atoms with Gasteiger partial charge in [-0.15, -0.1) is 0 Å². The van der Waals surface area contributed by atoms with Gasteiger partial charge in [0.05, 0.1) is 5.25 Å². The number of carboxylic acid groups (broad SMARTS) is 1. The van der Waals surface area contributed by atoms with Crippen LogP contribution in [-0.2, 0) is 9.53 Å². The van der Waals surface area contributed by atoms with Crippen molar-refractivity contribution in [2.45, 2.75) is 30.7 Å². The van der Waals surface area contributed by atoms with Crippen LogP contribution in [0.2, 0.25) is 0 Å². The summed E-state index contributed by atoms with van der Waals surface area (Å²) in [6.45, 7) is 3.49. The van der Waals surface area contributed by atoms with E-state index in [1.165, 1.54) is 7.11 Å². The number of hydrogen-bond acceptors (Lipinski definition) is 4. The third kappa shape index (κ3) is 1.64. The third-order valence-corrected chi connectivity index (χ3v) is 3.31. The fraction of sp³-hybridized carbons (Fsp3) is 0.889. The van der Waals surface area contributed by atoms with E-state index in [4.69, 9.17) is 4.74 Å². The third-order valence-electron chi connectivity index (χ3n) is 2.71. The zero-order chi connectivity index (χ0) is 10.8. The molecule has 0 aromatic carbocycles. The maximum atomic E-state index is 11.2. The highest BCUT2D eigenvalue weighted by molar-refractivity contribution is 7.81. The summed E-state index contributed by atoms with van der Waals surface area (Å²) in [5.41, 5.74) is -1.22. The Morgan fingerprint density at radius 2 is 2.43 bits per heavy atom. The average molecular weight is 219 g/mol. The maximum absolute atomic E-state index is 11.2. The lowest BCUT2D eigenvalue weighted by molar-refractivity contribution is -0.182. The lowest BCUT2D eigenvalue weighted by Gasteiger charge is -2.35. The van der Waals surface area contributed by atoms with Gasteiger partial charge >= 0.3 is 5.97 Å². The van der Waals surface area contributed by atoms with E-state index in [0.717, 1.165) is 25.9 Å². The normalized spacial score (nSPS) is 33.5. The summed E-state index contributed by atoms with van der Waals surface area (Å²) in [6.07, 6.45) is 1.67. The molecule has 5 heteroatoms. The molecular formula is C9H17NO3S. The molecule has 82 valence electrons. The van der Waals surface area contributed by atoms with E-state index < -0.39 is 11.7 Å². The van der Waals surface area contributed by atoms with Gasteiger partial charge in [-0.05, 0) is 12.8 Å². The van der Waals surface area contributed by atoms with Crippen LogP contribution in [0.4, 0.5) is 0 Å². The fourth-order valence-electron chi connectivity index (χ4n) is 2.03. The van der Waals surface area contributed by atoms with Crippen molar-refractivity contribution in [2.24, 2.45) is 0 Å². The number of rotatable bonds is 4. The molecule has 0 bridgehead atoms. The molecule has 0 amide bonds. The Morgan fingerprint density at radius 3 is 2.86 bits per heavy atom. The molecule has 0 spiro atoms. The van der Waals surface area contributed by atoms with Gasteiger partial charge in [0.2, 0.25) is 5.72 Å². The standard InChI is InChI=1S/C9H17NO3S/c1-3-5-10-6-4-7(14)9(10,13-2)8(11)12/h7,14H,3-6H2,1-2H3,(H,11,12)/t7?,9-/m1/s1. The molecule has 2 atom stereocenters. The van der Waals surface area contributed by atoms with Crippen LogP contribution in [0.1, 0.15) is 19.8 Å². The van der Waals surface area contributed by atoms with E-state index in [-0.39, 0.29) is 5.25 Å². The van der Waals surface area contributed by atoms with Crippen LogP contribution >= 0.6 is 12.6 Å². The van der Waals surface area contributed by atoms with Crippen molar-refractivity contribution in [2.75, 3.05) is 20.2 Å². The number of hydrogen-bond donors (Lipinski definition) is 2. The summed E-state index contributed by atoms with van der Waals surface area (Å²) >= 11 is 4.30. The molecule has 4 nitrogen and oxygen atoms in total. The summed E-state index contributed by atoms with van der Waals surface area (Å²) in [6, 6.07) is 0. The molecular weight excluding hydrogens is 202 g/mol. The first-order valence-corrected chi connectivity index (χ1v) is 5.32. The van der Waals surface area contributed by atoms with Crippen LogP contribution in [-0.4, -0.2) is 47.1 Å². The molecule has 0 saturated carbocycles. The van der Waals surface area contributed by atoms with Gasteiger partial charge in [0, 0.05) is 20.2 Å². The SMILES string of the molecule is CCCN1CCC(S)[C@@]1(OC)C(=O)O. The first-order valence-electron chi connectivity index (χ1n) is 4.81. The van der Waals surface area contributed by atoms with Crippen molar-refractivity contribution in [3.05, 3.63) is 0 Å². The zero-order valence-corrected chi connectivity index (χ0v) is 9.46. The Hall–Kier alpha value is -0.260. The Kier molecular flexibility index (Phi) is 3.80. The van der Waals surface area contributed by atoms with Crippen LogP contribution in [0.5, 0.6) is 0 Å². The highest BCUT2D eigenvalue weighted by Gasteiger charge is 2.53. The van der Waals surface area contributed by atoms with Crippen molar-refractivity contribution >= 4 is 18.6 Å². The topological polar surface area (TPSA) is 49.8 Å². The summed E-state index contributed by atoms with van der Waals surface area (Å²) in [5.74, 6) is -0.939. The summed E-state index contributed by atoms with van der Waals surface area (Å²) in [5, 5.41) is 8.96. The molecule has 14 heavy (non-hydrogen) atoms. The molecule has 0 aromatic heterocycles. The van der Waals surface area contributed by atoms with Gasteiger partial charge in [-0.1, -0.05) is 6.92 Å². The van der Waals surface area contributed by atoms with Crippen molar-refractivity contribution in [3.63, 3.8) is 0 Å². The Labute approximate surface area is 89.6 Å². The Morgan fingerprint density at radius 1 is 1.79 bits per heavy atom. The second kappa shape index (κ2) is 4.51. The molecule has 1 unspecified atom stereocenters. The van der Waals surface area contributed by atoms with Crippen molar-refractivity contribution in [3.8, 4) is 0 Å². The van der Waals surface area contributed by atoms with Crippen LogP contribution in [0, 0.1) is 0 Å². The van der Waals surface area contributed by atoms with Gasteiger partial charge in [0.1, 0.15) is 0 Å². The number of ether oxygens (including phenoxy) is 1. The second-order valence-corrected chi connectivity index (χ2v) is 4.12. The summed E-state index contributed by atoms with van der Waals surface area (Å²) in [7, 11) is 1.44. The molecule has 1 aliphatic heterocycles. The van der Waals surface area contributed by atoms with Crippen molar-refractivity contribution in [1.82, 2.24) is 4.90 Å². The number of carboxylic acids is 1. The van der Waals surface area contributed by atoms with Gasteiger partial charge in [-0.2, -0.15) is 12.6 Å².